The zero-order chi connectivity index (χ0) is 20.1. The number of carboxylic acids is 1. The number of ether oxygens (including phenoxy) is 2. The van der Waals surface area contributed by atoms with Crippen LogP contribution in [0.25, 0.3) is 0 Å². The van der Waals surface area contributed by atoms with Gasteiger partial charge in [-0.3, -0.25) is 0 Å². The number of hydrogen-bond donors (Lipinski definition) is 1. The second kappa shape index (κ2) is 9.31. The van der Waals surface area contributed by atoms with E-state index in [9.17, 15) is 21.6 Å². The fourth-order valence-electron chi connectivity index (χ4n) is 2.86. The molecule has 0 amide bonds. The zero-order valence-electron chi connectivity index (χ0n) is 14.9. The molecule has 0 aromatic heterocycles. The van der Waals surface area contributed by atoms with E-state index in [0.717, 1.165) is 19.4 Å². The molecule has 1 saturated heterocycles. The number of hydrogen-bond acceptors (Lipinski definition) is 6. The molecule has 154 valence electrons. The summed E-state index contributed by atoms with van der Waals surface area (Å²) in [7, 11) is 0.859. The van der Waals surface area contributed by atoms with E-state index in [1.807, 2.05) is 14.1 Å². The SMILES string of the molecule is CN(C)CCO[C@@H]1CC[C@H]2[C@H]1OCCN2S(C)(=O)=O.O=C(O)C(F)(F)F. The van der Waals surface area contributed by atoms with Gasteiger partial charge in [0.15, 0.2) is 0 Å². The van der Waals surface area contributed by atoms with E-state index in [4.69, 9.17) is 19.4 Å². The first-order chi connectivity index (χ1) is 11.8. The molecule has 0 radical (unpaired) electrons. The van der Waals surface area contributed by atoms with Crippen LogP contribution in [-0.4, -0.2) is 99.8 Å². The van der Waals surface area contributed by atoms with Crippen molar-refractivity contribution in [3.05, 3.63) is 0 Å². The van der Waals surface area contributed by atoms with Gasteiger partial charge in [-0.1, -0.05) is 0 Å². The standard InChI is InChI=1S/C12H24N2O4S.C2HF3O2/c1-13(2)6-8-17-11-5-4-10-12(11)18-9-7-14(10)19(3,15)16;3-2(4,5)1(6)7/h10-12H,4-9H2,1-3H3;(H,6,7)/t10-,11+,12+;/m0./s1. The normalized spacial score (nSPS) is 27.0. The van der Waals surface area contributed by atoms with Gasteiger partial charge in [0.2, 0.25) is 10.0 Å². The lowest BCUT2D eigenvalue weighted by Gasteiger charge is -2.37. The molecule has 1 heterocycles. The third kappa shape index (κ3) is 6.99. The van der Waals surface area contributed by atoms with Gasteiger partial charge >= 0.3 is 12.1 Å². The number of fused-ring (bicyclic) bond motifs is 1. The summed E-state index contributed by atoms with van der Waals surface area (Å²) in [6.45, 7) is 2.44. The summed E-state index contributed by atoms with van der Waals surface area (Å²) >= 11 is 0. The van der Waals surface area contributed by atoms with E-state index in [1.54, 1.807) is 4.31 Å². The van der Waals surface area contributed by atoms with E-state index in [1.165, 1.54) is 6.26 Å². The fourth-order valence-corrected chi connectivity index (χ4v) is 3.98. The van der Waals surface area contributed by atoms with Crippen LogP contribution in [0, 0.1) is 0 Å². The van der Waals surface area contributed by atoms with Crippen LogP contribution in [0.15, 0.2) is 0 Å². The van der Waals surface area contributed by atoms with Gasteiger partial charge in [-0.15, -0.1) is 0 Å². The molecule has 1 saturated carbocycles. The molecule has 2 fully saturated rings. The van der Waals surface area contributed by atoms with Gasteiger partial charge in [-0.25, -0.2) is 13.2 Å². The third-order valence-corrected chi connectivity index (χ3v) is 5.33. The van der Waals surface area contributed by atoms with Gasteiger partial charge in [0.05, 0.1) is 31.6 Å². The lowest BCUT2D eigenvalue weighted by Crippen LogP contribution is -2.53. The Bertz CT molecular complexity index is 570. The van der Waals surface area contributed by atoms with Crippen molar-refractivity contribution < 1.29 is 41.0 Å². The minimum Gasteiger partial charge on any atom is -0.475 e. The molecule has 3 atom stereocenters. The van der Waals surface area contributed by atoms with Crippen LogP contribution in [0.2, 0.25) is 0 Å². The van der Waals surface area contributed by atoms with E-state index in [-0.39, 0.29) is 18.2 Å². The van der Waals surface area contributed by atoms with Gasteiger partial charge in [0, 0.05) is 13.1 Å². The van der Waals surface area contributed by atoms with E-state index < -0.39 is 22.2 Å². The van der Waals surface area contributed by atoms with Gasteiger partial charge < -0.3 is 19.5 Å². The number of carbonyl (C=O) groups is 1. The molecule has 8 nitrogen and oxygen atoms in total. The van der Waals surface area contributed by atoms with Crippen molar-refractivity contribution >= 4 is 16.0 Å². The summed E-state index contributed by atoms with van der Waals surface area (Å²) in [6.07, 6.45) is -2.20. The molecule has 26 heavy (non-hydrogen) atoms. The van der Waals surface area contributed by atoms with Crippen LogP contribution >= 0.6 is 0 Å². The Morgan fingerprint density at radius 1 is 1.35 bits per heavy atom. The van der Waals surface area contributed by atoms with Crippen LogP contribution < -0.4 is 0 Å². The smallest absolute Gasteiger partial charge is 0.475 e. The van der Waals surface area contributed by atoms with Crippen LogP contribution in [0.4, 0.5) is 13.2 Å². The minimum atomic E-state index is -5.08. The van der Waals surface area contributed by atoms with Crippen molar-refractivity contribution in [3.8, 4) is 0 Å². The Kier molecular flexibility index (Phi) is 8.27. The first-order valence-corrected chi connectivity index (χ1v) is 9.83. The highest BCUT2D eigenvalue weighted by molar-refractivity contribution is 7.88. The first-order valence-electron chi connectivity index (χ1n) is 7.99. The van der Waals surface area contributed by atoms with E-state index in [0.29, 0.717) is 19.8 Å². The summed E-state index contributed by atoms with van der Waals surface area (Å²) in [5.74, 6) is -2.76. The number of alkyl halides is 3. The number of morpholine rings is 1. The summed E-state index contributed by atoms with van der Waals surface area (Å²) in [5.41, 5.74) is 0. The molecule has 2 rings (SSSR count). The number of nitrogens with zero attached hydrogens (tertiary/aromatic N) is 2. The highest BCUT2D eigenvalue weighted by atomic mass is 32.2. The highest BCUT2D eigenvalue weighted by Crippen LogP contribution is 2.33. The van der Waals surface area contributed by atoms with Gasteiger partial charge in [0.1, 0.15) is 6.10 Å². The fraction of sp³-hybridized carbons (Fsp3) is 0.929. The van der Waals surface area contributed by atoms with Crippen molar-refractivity contribution in [2.24, 2.45) is 0 Å². The van der Waals surface area contributed by atoms with Crippen molar-refractivity contribution in [2.45, 2.75) is 37.3 Å². The molecule has 1 N–H and O–H groups in total. The molecular weight excluding hydrogens is 381 g/mol. The van der Waals surface area contributed by atoms with Crippen molar-refractivity contribution in [1.29, 1.82) is 0 Å². The molecule has 1 aliphatic heterocycles. The highest BCUT2D eigenvalue weighted by Gasteiger charge is 2.46. The average molecular weight is 406 g/mol. The van der Waals surface area contributed by atoms with Crippen LogP contribution in [-0.2, 0) is 24.3 Å². The maximum atomic E-state index is 11.8. The topological polar surface area (TPSA) is 96.4 Å². The maximum absolute atomic E-state index is 11.8. The van der Waals surface area contributed by atoms with Gasteiger partial charge in [0.25, 0.3) is 0 Å². The summed E-state index contributed by atoms with van der Waals surface area (Å²) < 4.78 is 68.4. The second-order valence-corrected chi connectivity index (χ2v) is 8.30. The van der Waals surface area contributed by atoms with Crippen LogP contribution in [0.3, 0.4) is 0 Å². The first kappa shape index (κ1) is 23.1. The Morgan fingerprint density at radius 3 is 2.38 bits per heavy atom. The Hall–Kier alpha value is -0.950. The predicted octanol–water partition coefficient (Wildman–Crippen LogP) is 0.389. The summed E-state index contributed by atoms with van der Waals surface area (Å²) in [6, 6.07) is -0.0480. The maximum Gasteiger partial charge on any atom is 0.490 e. The van der Waals surface area contributed by atoms with Crippen molar-refractivity contribution in [2.75, 3.05) is 46.7 Å². The molecule has 0 bridgehead atoms. The van der Waals surface area contributed by atoms with Crippen molar-refractivity contribution in [3.63, 3.8) is 0 Å². The third-order valence-electron chi connectivity index (χ3n) is 4.02. The Morgan fingerprint density at radius 2 is 1.92 bits per heavy atom. The number of sulfonamides is 1. The van der Waals surface area contributed by atoms with Crippen molar-refractivity contribution in [1.82, 2.24) is 9.21 Å². The minimum absolute atomic E-state index is 0.0227. The van der Waals surface area contributed by atoms with E-state index >= 15 is 0 Å². The quantitative estimate of drug-likeness (QED) is 0.706. The van der Waals surface area contributed by atoms with Crippen LogP contribution in [0.5, 0.6) is 0 Å². The number of likely N-dealkylation sites (N-methyl/N-ethyl adjacent to an activating group) is 1. The zero-order valence-corrected chi connectivity index (χ0v) is 15.7. The van der Waals surface area contributed by atoms with E-state index in [2.05, 4.69) is 4.90 Å². The monoisotopic (exact) mass is 406 g/mol. The Labute approximate surface area is 150 Å². The molecule has 1 aliphatic carbocycles. The Balaban J connectivity index is 0.000000412. The molecule has 2 aliphatic rings. The lowest BCUT2D eigenvalue weighted by atomic mass is 10.1. The molecular formula is C14H25F3N2O6S. The van der Waals surface area contributed by atoms with Gasteiger partial charge in [-0.2, -0.15) is 17.5 Å². The number of rotatable bonds is 5. The molecule has 0 aromatic carbocycles. The lowest BCUT2D eigenvalue weighted by molar-refractivity contribution is -0.192. The molecule has 0 aromatic rings. The number of carboxylic acid groups (broad SMARTS) is 1. The predicted molar refractivity (Wildman–Crippen MR) is 86.3 cm³/mol. The van der Waals surface area contributed by atoms with Gasteiger partial charge in [-0.05, 0) is 26.9 Å². The van der Waals surface area contributed by atoms with Crippen LogP contribution in [0.1, 0.15) is 12.8 Å². The number of halogens is 3. The summed E-state index contributed by atoms with van der Waals surface area (Å²) in [4.78, 5) is 11.0. The summed E-state index contributed by atoms with van der Waals surface area (Å²) in [5, 5.41) is 7.12. The molecule has 12 heteroatoms. The molecule has 0 unspecified atom stereocenters. The second-order valence-electron chi connectivity index (χ2n) is 6.37. The molecule has 0 spiro atoms. The largest absolute Gasteiger partial charge is 0.490 e. The average Bonchev–Trinajstić information content (AvgIpc) is 2.89. The number of aliphatic carboxylic acids is 1.